The monoisotopic (exact) mass is 312 g/mol. The van der Waals surface area contributed by atoms with Crippen molar-refractivity contribution in [2.24, 2.45) is 0 Å². The van der Waals surface area contributed by atoms with Gasteiger partial charge in [-0.15, -0.1) is 0 Å². The van der Waals surface area contributed by atoms with Crippen LogP contribution in [0.25, 0.3) is 5.69 Å². The predicted octanol–water partition coefficient (Wildman–Crippen LogP) is 2.67. The molecule has 2 rings (SSSR count). The summed E-state index contributed by atoms with van der Waals surface area (Å²) in [5, 5.41) is 0. The molecule has 1 aromatic carbocycles. The zero-order valence-electron chi connectivity index (χ0n) is 8.94. The second kappa shape index (κ2) is 4.85. The van der Waals surface area contributed by atoms with Crippen LogP contribution in [-0.4, -0.2) is 16.7 Å². The standard InChI is InChI=1S/C11H9BrN2O2S/c1-16-9-6-7(2-3-8(9)12)14-5-4-10(15)13-11(14)17/h2-6H,1H3,(H,13,15,17). The minimum Gasteiger partial charge on any atom is -0.495 e. The van der Waals surface area contributed by atoms with E-state index in [9.17, 15) is 4.79 Å². The van der Waals surface area contributed by atoms with Gasteiger partial charge in [-0.3, -0.25) is 14.3 Å². The van der Waals surface area contributed by atoms with Crippen molar-refractivity contribution in [3.8, 4) is 11.4 Å². The van der Waals surface area contributed by atoms with Gasteiger partial charge in [-0.25, -0.2) is 0 Å². The topological polar surface area (TPSA) is 47.0 Å². The van der Waals surface area contributed by atoms with Crippen LogP contribution in [0, 0.1) is 4.77 Å². The first-order chi connectivity index (χ1) is 8.11. The van der Waals surface area contributed by atoms with Crippen LogP contribution >= 0.6 is 28.1 Å². The van der Waals surface area contributed by atoms with Crippen molar-refractivity contribution in [3.63, 3.8) is 0 Å². The highest BCUT2D eigenvalue weighted by molar-refractivity contribution is 9.10. The third kappa shape index (κ3) is 2.48. The van der Waals surface area contributed by atoms with Crippen LogP contribution in [0.15, 0.2) is 39.7 Å². The Morgan fingerprint density at radius 1 is 1.41 bits per heavy atom. The molecule has 1 aromatic heterocycles. The second-order valence-electron chi connectivity index (χ2n) is 3.30. The van der Waals surface area contributed by atoms with Crippen molar-refractivity contribution in [2.75, 3.05) is 7.11 Å². The van der Waals surface area contributed by atoms with Gasteiger partial charge < -0.3 is 4.74 Å². The van der Waals surface area contributed by atoms with Crippen LogP contribution in [0.3, 0.4) is 0 Å². The Labute approximate surface area is 111 Å². The number of aromatic amines is 1. The van der Waals surface area contributed by atoms with Crippen molar-refractivity contribution in [2.45, 2.75) is 0 Å². The Morgan fingerprint density at radius 2 is 2.18 bits per heavy atom. The van der Waals surface area contributed by atoms with Crippen LogP contribution in [-0.2, 0) is 0 Å². The lowest BCUT2D eigenvalue weighted by molar-refractivity contribution is 0.412. The van der Waals surface area contributed by atoms with E-state index in [1.165, 1.54) is 6.07 Å². The van der Waals surface area contributed by atoms with Crippen LogP contribution in [0.4, 0.5) is 0 Å². The third-order valence-electron chi connectivity index (χ3n) is 2.24. The average molecular weight is 313 g/mol. The van der Waals surface area contributed by atoms with E-state index in [-0.39, 0.29) is 5.56 Å². The van der Waals surface area contributed by atoms with Crippen molar-refractivity contribution in [3.05, 3.63) is 50.1 Å². The van der Waals surface area contributed by atoms with Crippen molar-refractivity contribution >= 4 is 28.1 Å². The van der Waals surface area contributed by atoms with Crippen molar-refractivity contribution in [1.29, 1.82) is 0 Å². The Kier molecular flexibility index (Phi) is 3.44. The normalized spacial score (nSPS) is 10.2. The van der Waals surface area contributed by atoms with E-state index in [2.05, 4.69) is 20.9 Å². The molecule has 0 atom stereocenters. The Hall–Kier alpha value is -1.40. The van der Waals surface area contributed by atoms with Crippen LogP contribution in [0.2, 0.25) is 0 Å². The van der Waals surface area contributed by atoms with Gasteiger partial charge in [0.05, 0.1) is 17.3 Å². The minimum absolute atomic E-state index is 0.213. The van der Waals surface area contributed by atoms with Crippen molar-refractivity contribution in [1.82, 2.24) is 9.55 Å². The largest absolute Gasteiger partial charge is 0.495 e. The van der Waals surface area contributed by atoms with E-state index >= 15 is 0 Å². The second-order valence-corrected chi connectivity index (χ2v) is 4.54. The van der Waals surface area contributed by atoms with Gasteiger partial charge in [0.1, 0.15) is 5.75 Å². The Balaban J connectivity index is 2.61. The number of hydrogen-bond donors (Lipinski definition) is 1. The maximum Gasteiger partial charge on any atom is 0.251 e. The summed E-state index contributed by atoms with van der Waals surface area (Å²) in [6.07, 6.45) is 1.63. The van der Waals surface area contributed by atoms with Gasteiger partial charge in [0.2, 0.25) is 0 Å². The number of hydrogen-bond acceptors (Lipinski definition) is 3. The third-order valence-corrected chi connectivity index (χ3v) is 3.19. The Bertz CT molecular complexity index is 663. The fourth-order valence-electron chi connectivity index (χ4n) is 1.42. The summed E-state index contributed by atoms with van der Waals surface area (Å²) in [5.74, 6) is 0.704. The SMILES string of the molecule is COc1cc(-n2ccc(=O)[nH]c2=S)ccc1Br. The van der Waals surface area contributed by atoms with Gasteiger partial charge in [-0.1, -0.05) is 0 Å². The molecule has 88 valence electrons. The fourth-order valence-corrected chi connectivity index (χ4v) is 2.09. The summed E-state index contributed by atoms with van der Waals surface area (Å²) in [5.41, 5.74) is 0.613. The molecule has 2 aromatic rings. The molecule has 1 N–H and O–H groups in total. The van der Waals surface area contributed by atoms with Gasteiger partial charge in [0.25, 0.3) is 5.56 Å². The summed E-state index contributed by atoms with van der Waals surface area (Å²) in [4.78, 5) is 13.6. The molecule has 4 nitrogen and oxygen atoms in total. The molecule has 0 fully saturated rings. The number of H-pyrrole nitrogens is 1. The van der Waals surface area contributed by atoms with Gasteiger partial charge in [-0.2, -0.15) is 0 Å². The smallest absolute Gasteiger partial charge is 0.251 e. The summed E-state index contributed by atoms with van der Waals surface area (Å²) in [7, 11) is 1.59. The average Bonchev–Trinajstić information content (AvgIpc) is 2.30. The first kappa shape index (κ1) is 12.1. The number of nitrogens with one attached hydrogen (secondary N) is 1. The first-order valence-corrected chi connectivity index (χ1v) is 5.98. The zero-order chi connectivity index (χ0) is 12.4. The highest BCUT2D eigenvalue weighted by Crippen LogP contribution is 2.26. The van der Waals surface area contributed by atoms with E-state index in [0.717, 1.165) is 10.2 Å². The molecule has 0 unspecified atom stereocenters. The highest BCUT2D eigenvalue weighted by Gasteiger charge is 2.03. The molecule has 0 saturated heterocycles. The van der Waals surface area contributed by atoms with Crippen molar-refractivity contribution < 1.29 is 4.74 Å². The summed E-state index contributed by atoms with van der Waals surface area (Å²) >= 11 is 8.46. The van der Waals surface area contributed by atoms with Crippen LogP contribution < -0.4 is 10.3 Å². The summed E-state index contributed by atoms with van der Waals surface area (Å²) in [6, 6.07) is 6.99. The molecule has 0 amide bonds. The van der Waals surface area contributed by atoms with E-state index in [4.69, 9.17) is 17.0 Å². The minimum atomic E-state index is -0.213. The van der Waals surface area contributed by atoms with Crippen LogP contribution in [0.5, 0.6) is 5.75 Å². The van der Waals surface area contributed by atoms with E-state index in [0.29, 0.717) is 10.5 Å². The number of aromatic nitrogens is 2. The molecular formula is C11H9BrN2O2S. The maximum atomic E-state index is 11.1. The molecular weight excluding hydrogens is 304 g/mol. The molecule has 0 aliphatic carbocycles. The van der Waals surface area contributed by atoms with E-state index < -0.39 is 0 Å². The molecule has 6 heteroatoms. The molecule has 0 aliphatic rings. The molecule has 0 aliphatic heterocycles. The number of nitrogens with zero attached hydrogens (tertiary/aromatic N) is 1. The van der Waals surface area contributed by atoms with Gasteiger partial charge in [0.15, 0.2) is 4.77 Å². The van der Waals surface area contributed by atoms with Gasteiger partial charge in [-0.05, 0) is 40.3 Å². The first-order valence-electron chi connectivity index (χ1n) is 4.78. The van der Waals surface area contributed by atoms with Gasteiger partial charge in [0, 0.05) is 18.3 Å². The highest BCUT2D eigenvalue weighted by atomic mass is 79.9. The molecule has 0 spiro atoms. The maximum absolute atomic E-state index is 11.1. The number of halogens is 1. The fraction of sp³-hybridized carbons (Fsp3) is 0.0909. The lowest BCUT2D eigenvalue weighted by atomic mass is 10.3. The molecule has 0 bridgehead atoms. The number of methoxy groups -OCH3 is 1. The van der Waals surface area contributed by atoms with E-state index in [1.54, 1.807) is 17.9 Å². The molecule has 0 radical (unpaired) electrons. The lowest BCUT2D eigenvalue weighted by Gasteiger charge is -2.09. The number of ether oxygens (including phenoxy) is 1. The van der Waals surface area contributed by atoms with Gasteiger partial charge >= 0.3 is 0 Å². The van der Waals surface area contributed by atoms with E-state index in [1.807, 2.05) is 18.2 Å². The lowest BCUT2D eigenvalue weighted by Crippen LogP contribution is -2.09. The molecule has 17 heavy (non-hydrogen) atoms. The molecule has 1 heterocycles. The number of rotatable bonds is 2. The van der Waals surface area contributed by atoms with Crippen LogP contribution in [0.1, 0.15) is 0 Å². The summed E-state index contributed by atoms with van der Waals surface area (Å²) < 4.78 is 8.11. The predicted molar refractivity (Wildman–Crippen MR) is 71.5 cm³/mol. The quantitative estimate of drug-likeness (QED) is 0.867. The Morgan fingerprint density at radius 3 is 2.82 bits per heavy atom. The number of benzene rings is 1. The zero-order valence-corrected chi connectivity index (χ0v) is 11.3. The molecule has 0 saturated carbocycles. The summed E-state index contributed by atoms with van der Waals surface area (Å²) in [6.45, 7) is 0.